The predicted molar refractivity (Wildman–Crippen MR) is 86.4 cm³/mol. The highest BCUT2D eigenvalue weighted by Gasteiger charge is 2.09. The second kappa shape index (κ2) is 5.61. The maximum atomic E-state index is 12.3. The molecule has 1 amide bonds. The summed E-state index contributed by atoms with van der Waals surface area (Å²) in [5.41, 5.74) is 3.89. The van der Waals surface area contributed by atoms with Gasteiger partial charge in [0.25, 0.3) is 5.91 Å². The third-order valence-electron chi connectivity index (χ3n) is 3.10. The lowest BCUT2D eigenvalue weighted by molar-refractivity contribution is 0.102. The van der Waals surface area contributed by atoms with E-state index in [-0.39, 0.29) is 5.91 Å². The number of amides is 1. The Morgan fingerprint density at radius 2 is 1.81 bits per heavy atom. The molecule has 2 aromatic carbocycles. The lowest BCUT2D eigenvalue weighted by Crippen LogP contribution is -2.12. The summed E-state index contributed by atoms with van der Waals surface area (Å²) < 4.78 is 0.858. The number of benzene rings is 2. The molecule has 0 atom stereocenters. The SMILES string of the molecule is Cc1ccc(NC(=O)c2ccc3nccnc3c2)c(Br)c1. The standard InChI is InChI=1S/C16H12BrN3O/c1-10-2-4-13(12(17)8-10)20-16(21)11-3-5-14-15(9-11)19-7-6-18-14/h2-9H,1H3,(H,20,21). The summed E-state index contributed by atoms with van der Waals surface area (Å²) in [5, 5.41) is 2.88. The van der Waals surface area contributed by atoms with Crippen LogP contribution in [-0.2, 0) is 0 Å². The van der Waals surface area contributed by atoms with Crippen LogP contribution >= 0.6 is 15.9 Å². The number of hydrogen-bond donors (Lipinski definition) is 1. The van der Waals surface area contributed by atoms with E-state index in [0.717, 1.165) is 21.2 Å². The van der Waals surface area contributed by atoms with Crippen molar-refractivity contribution in [2.24, 2.45) is 0 Å². The number of anilines is 1. The van der Waals surface area contributed by atoms with Crippen LogP contribution in [0.25, 0.3) is 11.0 Å². The Kier molecular flexibility index (Phi) is 3.66. The van der Waals surface area contributed by atoms with E-state index in [2.05, 4.69) is 31.2 Å². The van der Waals surface area contributed by atoms with Crippen LogP contribution in [0, 0.1) is 6.92 Å². The largest absolute Gasteiger partial charge is 0.321 e. The molecule has 0 fully saturated rings. The number of aryl methyl sites for hydroxylation is 1. The summed E-state index contributed by atoms with van der Waals surface area (Å²) >= 11 is 3.45. The van der Waals surface area contributed by atoms with Crippen molar-refractivity contribution in [3.63, 3.8) is 0 Å². The maximum absolute atomic E-state index is 12.3. The molecule has 4 nitrogen and oxygen atoms in total. The molecule has 3 aromatic rings. The van der Waals surface area contributed by atoms with Crippen LogP contribution in [0.1, 0.15) is 15.9 Å². The first kappa shape index (κ1) is 13.7. The van der Waals surface area contributed by atoms with Crippen molar-refractivity contribution in [2.45, 2.75) is 6.92 Å². The van der Waals surface area contributed by atoms with E-state index in [1.165, 1.54) is 0 Å². The van der Waals surface area contributed by atoms with Gasteiger partial charge in [-0.15, -0.1) is 0 Å². The van der Waals surface area contributed by atoms with Gasteiger partial charge in [-0.2, -0.15) is 0 Å². The van der Waals surface area contributed by atoms with Crippen molar-refractivity contribution in [1.29, 1.82) is 0 Å². The van der Waals surface area contributed by atoms with Crippen molar-refractivity contribution < 1.29 is 4.79 Å². The van der Waals surface area contributed by atoms with Gasteiger partial charge in [0, 0.05) is 22.4 Å². The van der Waals surface area contributed by atoms with Gasteiger partial charge in [-0.25, -0.2) is 0 Å². The fraction of sp³-hybridized carbons (Fsp3) is 0.0625. The van der Waals surface area contributed by atoms with Gasteiger partial charge in [-0.05, 0) is 58.7 Å². The second-order valence-corrected chi connectivity index (χ2v) is 5.55. The first-order valence-corrected chi connectivity index (χ1v) is 7.21. The summed E-state index contributed by atoms with van der Waals surface area (Å²) in [7, 11) is 0. The van der Waals surface area contributed by atoms with Crippen molar-refractivity contribution in [3.8, 4) is 0 Å². The molecule has 0 aliphatic rings. The van der Waals surface area contributed by atoms with Gasteiger partial charge < -0.3 is 5.32 Å². The number of halogens is 1. The minimum absolute atomic E-state index is 0.174. The molecule has 21 heavy (non-hydrogen) atoms. The summed E-state index contributed by atoms with van der Waals surface area (Å²) in [4.78, 5) is 20.7. The van der Waals surface area contributed by atoms with E-state index in [4.69, 9.17) is 0 Å². The summed E-state index contributed by atoms with van der Waals surface area (Å²) in [6.45, 7) is 2.00. The Balaban J connectivity index is 1.89. The quantitative estimate of drug-likeness (QED) is 0.767. The van der Waals surface area contributed by atoms with Gasteiger partial charge in [-0.3, -0.25) is 14.8 Å². The van der Waals surface area contributed by atoms with Crippen LogP contribution in [0.15, 0.2) is 53.3 Å². The zero-order chi connectivity index (χ0) is 14.8. The zero-order valence-corrected chi connectivity index (χ0v) is 12.9. The molecule has 1 aromatic heterocycles. The zero-order valence-electron chi connectivity index (χ0n) is 11.3. The fourth-order valence-corrected chi connectivity index (χ4v) is 2.61. The van der Waals surface area contributed by atoms with Gasteiger partial charge in [0.05, 0.1) is 16.7 Å². The average Bonchev–Trinajstić information content (AvgIpc) is 2.49. The molecule has 1 N–H and O–H groups in total. The normalized spacial score (nSPS) is 10.6. The molecule has 104 valence electrons. The molecule has 3 rings (SSSR count). The van der Waals surface area contributed by atoms with E-state index < -0.39 is 0 Å². The van der Waals surface area contributed by atoms with E-state index >= 15 is 0 Å². The van der Waals surface area contributed by atoms with E-state index in [9.17, 15) is 4.79 Å². The molecular formula is C16H12BrN3O. The van der Waals surface area contributed by atoms with Crippen LogP contribution in [0.2, 0.25) is 0 Å². The maximum Gasteiger partial charge on any atom is 0.255 e. The number of rotatable bonds is 2. The molecule has 0 aliphatic heterocycles. The number of nitrogens with zero attached hydrogens (tertiary/aromatic N) is 2. The minimum Gasteiger partial charge on any atom is -0.321 e. The van der Waals surface area contributed by atoms with Gasteiger partial charge in [0.1, 0.15) is 0 Å². The predicted octanol–water partition coefficient (Wildman–Crippen LogP) is 3.95. The van der Waals surface area contributed by atoms with Crippen LogP contribution in [0.3, 0.4) is 0 Å². The highest BCUT2D eigenvalue weighted by atomic mass is 79.9. The number of carbonyl (C=O) groups is 1. The minimum atomic E-state index is -0.174. The molecule has 1 heterocycles. The van der Waals surface area contributed by atoms with E-state index in [1.807, 2.05) is 25.1 Å². The fourth-order valence-electron chi connectivity index (χ4n) is 2.02. The first-order chi connectivity index (χ1) is 10.1. The van der Waals surface area contributed by atoms with Gasteiger partial charge in [0.2, 0.25) is 0 Å². The first-order valence-electron chi connectivity index (χ1n) is 6.42. The average molecular weight is 342 g/mol. The monoisotopic (exact) mass is 341 g/mol. The van der Waals surface area contributed by atoms with Gasteiger partial charge >= 0.3 is 0 Å². The number of fused-ring (bicyclic) bond motifs is 1. The summed E-state index contributed by atoms with van der Waals surface area (Å²) in [6.07, 6.45) is 3.24. The lowest BCUT2D eigenvalue weighted by Gasteiger charge is -2.08. The molecule has 0 unspecified atom stereocenters. The van der Waals surface area contributed by atoms with E-state index in [1.54, 1.807) is 30.6 Å². The second-order valence-electron chi connectivity index (χ2n) is 4.70. The summed E-state index contributed by atoms with van der Waals surface area (Å²) in [6, 6.07) is 11.1. The molecule has 0 saturated heterocycles. The molecule has 0 saturated carbocycles. The van der Waals surface area contributed by atoms with Crippen LogP contribution in [0.4, 0.5) is 5.69 Å². The van der Waals surface area contributed by atoms with Crippen molar-refractivity contribution >= 4 is 38.6 Å². The van der Waals surface area contributed by atoms with Crippen LogP contribution < -0.4 is 5.32 Å². The lowest BCUT2D eigenvalue weighted by atomic mass is 10.1. The Labute approximate surface area is 130 Å². The number of carbonyl (C=O) groups excluding carboxylic acids is 1. The number of nitrogens with one attached hydrogen (secondary N) is 1. The molecular weight excluding hydrogens is 330 g/mol. The highest BCUT2D eigenvalue weighted by molar-refractivity contribution is 9.10. The number of hydrogen-bond acceptors (Lipinski definition) is 3. The molecule has 0 spiro atoms. The smallest absolute Gasteiger partial charge is 0.255 e. The Morgan fingerprint density at radius 3 is 2.57 bits per heavy atom. The van der Waals surface area contributed by atoms with E-state index in [0.29, 0.717) is 11.1 Å². The Hall–Kier alpha value is -2.27. The molecule has 0 aliphatic carbocycles. The molecule has 5 heteroatoms. The third-order valence-corrected chi connectivity index (χ3v) is 3.76. The van der Waals surface area contributed by atoms with Crippen molar-refractivity contribution in [2.75, 3.05) is 5.32 Å². The third kappa shape index (κ3) is 2.92. The van der Waals surface area contributed by atoms with Crippen LogP contribution in [0.5, 0.6) is 0 Å². The Morgan fingerprint density at radius 1 is 1.05 bits per heavy atom. The van der Waals surface area contributed by atoms with Crippen LogP contribution in [-0.4, -0.2) is 15.9 Å². The molecule has 0 bridgehead atoms. The molecule has 0 radical (unpaired) electrons. The van der Waals surface area contributed by atoms with Gasteiger partial charge in [-0.1, -0.05) is 6.07 Å². The summed E-state index contributed by atoms with van der Waals surface area (Å²) in [5.74, 6) is -0.174. The van der Waals surface area contributed by atoms with Crippen molar-refractivity contribution in [3.05, 3.63) is 64.4 Å². The Bertz CT molecular complexity index is 833. The van der Waals surface area contributed by atoms with Crippen molar-refractivity contribution in [1.82, 2.24) is 9.97 Å². The highest BCUT2D eigenvalue weighted by Crippen LogP contribution is 2.24. The topological polar surface area (TPSA) is 54.9 Å². The number of aromatic nitrogens is 2. The van der Waals surface area contributed by atoms with Gasteiger partial charge in [0.15, 0.2) is 0 Å².